The van der Waals surface area contributed by atoms with Crippen molar-refractivity contribution in [1.82, 2.24) is 15.2 Å². The summed E-state index contributed by atoms with van der Waals surface area (Å²) in [7, 11) is 0. The zero-order valence-corrected chi connectivity index (χ0v) is 11.0. The zero-order chi connectivity index (χ0) is 14.8. The van der Waals surface area contributed by atoms with E-state index in [1.165, 1.54) is 6.07 Å². The van der Waals surface area contributed by atoms with E-state index in [2.05, 4.69) is 15.2 Å². The molecular formula is C15H12F2N4. The average molecular weight is 286 g/mol. The Bertz CT molecular complexity index is 766. The lowest BCUT2D eigenvalue weighted by atomic mass is 10.1. The molecule has 3 aromatic rings. The fourth-order valence-corrected chi connectivity index (χ4v) is 1.98. The van der Waals surface area contributed by atoms with E-state index in [0.717, 1.165) is 17.7 Å². The molecule has 0 spiro atoms. The molecule has 6 heteroatoms. The van der Waals surface area contributed by atoms with Crippen molar-refractivity contribution in [2.45, 2.75) is 6.42 Å². The molecule has 0 aliphatic rings. The van der Waals surface area contributed by atoms with Crippen molar-refractivity contribution in [2.24, 2.45) is 0 Å². The Hall–Kier alpha value is -2.76. The summed E-state index contributed by atoms with van der Waals surface area (Å²) in [5, 5.41) is 6.90. The van der Waals surface area contributed by atoms with Gasteiger partial charge in [0, 0.05) is 17.7 Å². The fraction of sp³-hybridized carbons (Fsp3) is 0.0667. The predicted octanol–water partition coefficient (Wildman–Crippen LogP) is 2.92. The highest BCUT2D eigenvalue weighted by Gasteiger charge is 2.08. The number of nitrogens with zero attached hydrogens (tertiary/aromatic N) is 2. The first-order valence-electron chi connectivity index (χ1n) is 6.33. The van der Waals surface area contributed by atoms with E-state index in [1.54, 1.807) is 12.1 Å². The lowest BCUT2D eigenvalue weighted by Gasteiger charge is -1.99. The van der Waals surface area contributed by atoms with Crippen molar-refractivity contribution in [3.63, 3.8) is 0 Å². The second-order valence-electron chi connectivity index (χ2n) is 4.65. The van der Waals surface area contributed by atoms with E-state index >= 15 is 0 Å². The summed E-state index contributed by atoms with van der Waals surface area (Å²) in [5.41, 5.74) is 7.74. The van der Waals surface area contributed by atoms with Crippen LogP contribution in [-0.4, -0.2) is 15.2 Å². The molecular weight excluding hydrogens is 274 g/mol. The van der Waals surface area contributed by atoms with Gasteiger partial charge >= 0.3 is 0 Å². The average Bonchev–Trinajstić information content (AvgIpc) is 2.92. The first kappa shape index (κ1) is 13.2. The van der Waals surface area contributed by atoms with E-state index in [-0.39, 0.29) is 0 Å². The van der Waals surface area contributed by atoms with E-state index in [9.17, 15) is 8.78 Å². The van der Waals surface area contributed by atoms with Crippen molar-refractivity contribution >= 4 is 5.69 Å². The molecule has 0 aliphatic heterocycles. The Morgan fingerprint density at radius 2 is 1.76 bits per heavy atom. The maximum atomic E-state index is 13.2. The monoisotopic (exact) mass is 286 g/mol. The normalized spacial score (nSPS) is 10.8. The molecule has 0 fully saturated rings. The van der Waals surface area contributed by atoms with Crippen LogP contribution in [-0.2, 0) is 6.42 Å². The molecule has 3 rings (SSSR count). The van der Waals surface area contributed by atoms with Crippen LogP contribution in [0.4, 0.5) is 14.5 Å². The summed E-state index contributed by atoms with van der Waals surface area (Å²) in [6.07, 6.45) is 0.346. The van der Waals surface area contributed by atoms with Gasteiger partial charge in [-0.3, -0.25) is 5.10 Å². The van der Waals surface area contributed by atoms with Crippen molar-refractivity contribution in [3.05, 3.63) is 65.5 Å². The van der Waals surface area contributed by atoms with Crippen LogP contribution in [0.3, 0.4) is 0 Å². The summed E-state index contributed by atoms with van der Waals surface area (Å²) in [5.74, 6) is -0.620. The zero-order valence-electron chi connectivity index (χ0n) is 11.0. The Labute approximate surface area is 119 Å². The summed E-state index contributed by atoms with van der Waals surface area (Å²) in [6, 6.07) is 10.9. The summed E-state index contributed by atoms with van der Waals surface area (Å²) >= 11 is 0. The topological polar surface area (TPSA) is 67.6 Å². The molecule has 0 amide bonds. The highest BCUT2D eigenvalue weighted by atomic mass is 19.2. The minimum atomic E-state index is -0.870. The van der Waals surface area contributed by atoms with Crippen LogP contribution in [0.1, 0.15) is 11.4 Å². The molecule has 1 aromatic heterocycles. The SMILES string of the molecule is Nc1ccc(-c2n[nH]c(Cc3ccc(F)c(F)c3)n2)cc1. The maximum Gasteiger partial charge on any atom is 0.181 e. The molecule has 0 bridgehead atoms. The lowest BCUT2D eigenvalue weighted by molar-refractivity contribution is 0.507. The first-order chi connectivity index (χ1) is 10.1. The number of hydrogen-bond acceptors (Lipinski definition) is 3. The van der Waals surface area contributed by atoms with Gasteiger partial charge in [0.05, 0.1) is 0 Å². The van der Waals surface area contributed by atoms with Crippen LogP contribution >= 0.6 is 0 Å². The fourth-order valence-electron chi connectivity index (χ4n) is 1.98. The van der Waals surface area contributed by atoms with Crippen LogP contribution in [0.25, 0.3) is 11.4 Å². The number of aromatic amines is 1. The van der Waals surface area contributed by atoms with Gasteiger partial charge in [-0.15, -0.1) is 0 Å². The minimum Gasteiger partial charge on any atom is -0.399 e. The summed E-state index contributed by atoms with van der Waals surface area (Å²) < 4.78 is 26.0. The van der Waals surface area contributed by atoms with Crippen molar-refractivity contribution in [3.8, 4) is 11.4 Å². The minimum absolute atomic E-state index is 0.346. The van der Waals surface area contributed by atoms with E-state index in [1.807, 2.05) is 12.1 Å². The molecule has 21 heavy (non-hydrogen) atoms. The van der Waals surface area contributed by atoms with Crippen LogP contribution in [0.15, 0.2) is 42.5 Å². The number of anilines is 1. The Kier molecular flexibility index (Phi) is 3.35. The van der Waals surface area contributed by atoms with Crippen LogP contribution in [0.2, 0.25) is 0 Å². The van der Waals surface area contributed by atoms with Crippen LogP contribution in [0.5, 0.6) is 0 Å². The summed E-state index contributed by atoms with van der Waals surface area (Å²) in [6.45, 7) is 0. The van der Waals surface area contributed by atoms with Crippen molar-refractivity contribution < 1.29 is 8.78 Å². The van der Waals surface area contributed by atoms with E-state index in [4.69, 9.17) is 5.73 Å². The van der Waals surface area contributed by atoms with E-state index < -0.39 is 11.6 Å². The third-order valence-electron chi connectivity index (χ3n) is 3.06. The third-order valence-corrected chi connectivity index (χ3v) is 3.06. The van der Waals surface area contributed by atoms with Crippen molar-refractivity contribution in [2.75, 3.05) is 5.73 Å². The van der Waals surface area contributed by atoms with Crippen LogP contribution in [0, 0.1) is 11.6 Å². The number of H-pyrrole nitrogens is 1. The Morgan fingerprint density at radius 1 is 1.00 bits per heavy atom. The Morgan fingerprint density at radius 3 is 2.48 bits per heavy atom. The molecule has 0 unspecified atom stereocenters. The first-order valence-corrected chi connectivity index (χ1v) is 6.33. The maximum absolute atomic E-state index is 13.2. The standard InChI is InChI=1S/C15H12F2N4/c16-12-6-1-9(7-13(12)17)8-14-19-15(21-20-14)10-2-4-11(18)5-3-10/h1-7H,8,18H2,(H,19,20,21). The molecule has 0 atom stereocenters. The second kappa shape index (κ2) is 5.32. The lowest BCUT2D eigenvalue weighted by Crippen LogP contribution is -1.93. The van der Waals surface area contributed by atoms with Gasteiger partial charge in [-0.25, -0.2) is 13.8 Å². The second-order valence-corrected chi connectivity index (χ2v) is 4.65. The third kappa shape index (κ3) is 2.89. The summed E-state index contributed by atoms with van der Waals surface area (Å²) in [4.78, 5) is 4.33. The van der Waals surface area contributed by atoms with Gasteiger partial charge in [-0.1, -0.05) is 6.07 Å². The highest BCUT2D eigenvalue weighted by molar-refractivity contribution is 5.58. The largest absolute Gasteiger partial charge is 0.399 e. The molecule has 0 saturated heterocycles. The molecule has 1 heterocycles. The molecule has 4 nitrogen and oxygen atoms in total. The molecule has 3 N–H and O–H groups in total. The molecule has 0 saturated carbocycles. The smallest absolute Gasteiger partial charge is 0.181 e. The van der Waals surface area contributed by atoms with Crippen LogP contribution < -0.4 is 5.73 Å². The number of halogens is 2. The van der Waals surface area contributed by atoms with Gasteiger partial charge in [-0.2, -0.15) is 5.10 Å². The van der Waals surface area contributed by atoms with Crippen molar-refractivity contribution in [1.29, 1.82) is 0 Å². The number of benzene rings is 2. The number of aromatic nitrogens is 3. The molecule has 106 valence electrons. The number of hydrogen-bond donors (Lipinski definition) is 2. The van der Waals surface area contributed by atoms with Gasteiger partial charge < -0.3 is 5.73 Å². The highest BCUT2D eigenvalue weighted by Crippen LogP contribution is 2.17. The number of nitrogen functional groups attached to an aromatic ring is 1. The van der Waals surface area contributed by atoms with Gasteiger partial charge in [0.25, 0.3) is 0 Å². The quantitative estimate of drug-likeness (QED) is 0.727. The molecule has 0 radical (unpaired) electrons. The number of rotatable bonds is 3. The van der Waals surface area contributed by atoms with Gasteiger partial charge in [0.15, 0.2) is 17.5 Å². The number of nitrogens with one attached hydrogen (secondary N) is 1. The van der Waals surface area contributed by atoms with Gasteiger partial charge in [-0.05, 0) is 42.0 Å². The predicted molar refractivity (Wildman–Crippen MR) is 75.4 cm³/mol. The van der Waals surface area contributed by atoms with Gasteiger partial charge in [0.1, 0.15) is 5.82 Å². The van der Waals surface area contributed by atoms with Gasteiger partial charge in [0.2, 0.25) is 0 Å². The number of nitrogens with two attached hydrogens (primary N) is 1. The molecule has 0 aliphatic carbocycles. The van der Waals surface area contributed by atoms with E-state index in [0.29, 0.717) is 29.3 Å². The Balaban J connectivity index is 1.81. The molecule has 2 aromatic carbocycles.